The van der Waals surface area contributed by atoms with Crippen molar-refractivity contribution in [1.29, 1.82) is 0 Å². The molecule has 0 N–H and O–H groups in total. The monoisotopic (exact) mass is 366 g/mol. The number of hydrogen-bond acceptors (Lipinski definition) is 4. The van der Waals surface area contributed by atoms with Gasteiger partial charge in [0.05, 0.1) is 18.4 Å². The van der Waals surface area contributed by atoms with E-state index in [4.69, 9.17) is 9.47 Å². The first-order chi connectivity index (χ1) is 12.6. The maximum atomic E-state index is 12.4. The van der Waals surface area contributed by atoms with E-state index < -0.39 is 0 Å². The Bertz CT molecular complexity index is 416. The summed E-state index contributed by atoms with van der Waals surface area (Å²) in [5, 5.41) is 0. The average molecular weight is 367 g/mol. The van der Waals surface area contributed by atoms with Crippen LogP contribution in [-0.2, 0) is 19.1 Å². The van der Waals surface area contributed by atoms with Crippen LogP contribution in [-0.4, -0.2) is 25.2 Å². The molecule has 1 aliphatic rings. The number of ether oxygens (including phenoxy) is 2. The van der Waals surface area contributed by atoms with Crippen molar-refractivity contribution in [3.63, 3.8) is 0 Å². The maximum Gasteiger partial charge on any atom is 0.310 e. The van der Waals surface area contributed by atoms with Crippen molar-refractivity contribution in [3.05, 3.63) is 12.7 Å². The molecule has 0 saturated heterocycles. The van der Waals surface area contributed by atoms with E-state index >= 15 is 0 Å². The van der Waals surface area contributed by atoms with Gasteiger partial charge in [-0.25, -0.2) is 0 Å². The van der Waals surface area contributed by atoms with Gasteiger partial charge in [-0.1, -0.05) is 77.9 Å². The van der Waals surface area contributed by atoms with Crippen LogP contribution in [0.25, 0.3) is 0 Å². The average Bonchev–Trinajstić information content (AvgIpc) is 2.64. The summed E-state index contributed by atoms with van der Waals surface area (Å²) in [6.45, 7) is 8.76. The molecule has 0 heterocycles. The molecule has 1 saturated carbocycles. The highest BCUT2D eigenvalue weighted by molar-refractivity contribution is 5.82. The van der Waals surface area contributed by atoms with E-state index in [-0.39, 0.29) is 30.4 Å². The van der Waals surface area contributed by atoms with Crippen LogP contribution in [0.5, 0.6) is 0 Å². The van der Waals surface area contributed by atoms with Gasteiger partial charge in [-0.05, 0) is 25.2 Å². The minimum atomic E-state index is -0.350. The molecule has 0 aromatic heterocycles. The first-order valence-corrected chi connectivity index (χ1v) is 10.5. The highest BCUT2D eigenvalue weighted by Gasteiger charge is 2.37. The maximum absolute atomic E-state index is 12.4. The molecular weight excluding hydrogens is 328 g/mol. The summed E-state index contributed by atoms with van der Waals surface area (Å²) < 4.78 is 10.6. The van der Waals surface area contributed by atoms with Crippen molar-refractivity contribution in [2.45, 2.75) is 84.5 Å². The largest absolute Gasteiger partial charge is 0.465 e. The molecule has 0 aromatic rings. The van der Waals surface area contributed by atoms with Crippen LogP contribution in [0.1, 0.15) is 84.5 Å². The van der Waals surface area contributed by atoms with Gasteiger partial charge in [0.1, 0.15) is 6.61 Å². The molecule has 0 bridgehead atoms. The SMILES string of the molecule is C=CCOC(=O)C1CCCCC1C(=O)OCCCCCCCCC(C)C. The smallest absolute Gasteiger partial charge is 0.310 e. The lowest BCUT2D eigenvalue weighted by Crippen LogP contribution is -2.35. The van der Waals surface area contributed by atoms with E-state index in [0.29, 0.717) is 13.0 Å². The zero-order valence-electron chi connectivity index (χ0n) is 16.8. The molecule has 2 unspecified atom stereocenters. The Hall–Kier alpha value is -1.32. The molecule has 1 aliphatic carbocycles. The van der Waals surface area contributed by atoms with E-state index in [2.05, 4.69) is 20.4 Å². The second-order valence-electron chi connectivity index (χ2n) is 7.89. The number of hydrogen-bond donors (Lipinski definition) is 0. The van der Waals surface area contributed by atoms with Gasteiger partial charge < -0.3 is 9.47 Å². The summed E-state index contributed by atoms with van der Waals surface area (Å²) in [5.41, 5.74) is 0. The van der Waals surface area contributed by atoms with Crippen molar-refractivity contribution < 1.29 is 19.1 Å². The predicted molar refractivity (Wildman–Crippen MR) is 105 cm³/mol. The Labute approximate surface area is 159 Å². The first-order valence-electron chi connectivity index (χ1n) is 10.5. The zero-order chi connectivity index (χ0) is 19.2. The zero-order valence-corrected chi connectivity index (χ0v) is 16.8. The van der Waals surface area contributed by atoms with E-state index in [9.17, 15) is 9.59 Å². The molecule has 0 amide bonds. The van der Waals surface area contributed by atoms with E-state index in [1.54, 1.807) is 6.08 Å². The Balaban J connectivity index is 2.18. The molecule has 26 heavy (non-hydrogen) atoms. The molecule has 4 nitrogen and oxygen atoms in total. The Morgan fingerprint density at radius 2 is 1.46 bits per heavy atom. The molecule has 150 valence electrons. The van der Waals surface area contributed by atoms with Crippen molar-refractivity contribution in [2.24, 2.45) is 17.8 Å². The van der Waals surface area contributed by atoms with Crippen molar-refractivity contribution in [2.75, 3.05) is 13.2 Å². The highest BCUT2D eigenvalue weighted by Crippen LogP contribution is 2.32. The molecule has 1 rings (SSSR count). The minimum Gasteiger partial charge on any atom is -0.465 e. The summed E-state index contributed by atoms with van der Waals surface area (Å²) in [6, 6.07) is 0. The lowest BCUT2D eigenvalue weighted by atomic mass is 9.79. The van der Waals surface area contributed by atoms with Gasteiger partial charge in [0.15, 0.2) is 0 Å². The molecule has 1 fully saturated rings. The molecule has 0 radical (unpaired) electrons. The summed E-state index contributed by atoms with van der Waals surface area (Å²) >= 11 is 0. The van der Waals surface area contributed by atoms with E-state index in [1.807, 2.05) is 0 Å². The lowest BCUT2D eigenvalue weighted by Gasteiger charge is -2.28. The van der Waals surface area contributed by atoms with Crippen LogP contribution in [0, 0.1) is 17.8 Å². The fourth-order valence-electron chi connectivity index (χ4n) is 3.58. The van der Waals surface area contributed by atoms with Gasteiger partial charge in [0, 0.05) is 0 Å². The third kappa shape index (κ3) is 9.40. The van der Waals surface area contributed by atoms with Crippen LogP contribution in [0.15, 0.2) is 12.7 Å². The fraction of sp³-hybridized carbons (Fsp3) is 0.818. The Kier molecular flexibility index (Phi) is 12.1. The van der Waals surface area contributed by atoms with Gasteiger partial charge in [-0.2, -0.15) is 0 Å². The molecule has 0 spiro atoms. The Morgan fingerprint density at radius 1 is 0.923 bits per heavy atom. The molecule has 0 aliphatic heterocycles. The predicted octanol–water partition coefficient (Wildman–Crippen LogP) is 5.45. The van der Waals surface area contributed by atoms with Crippen LogP contribution in [0.3, 0.4) is 0 Å². The number of esters is 2. The second kappa shape index (κ2) is 13.8. The fourth-order valence-corrected chi connectivity index (χ4v) is 3.58. The third-order valence-electron chi connectivity index (χ3n) is 5.14. The van der Waals surface area contributed by atoms with Crippen LogP contribution in [0.2, 0.25) is 0 Å². The normalized spacial score (nSPS) is 20.0. The number of unbranched alkanes of at least 4 members (excludes halogenated alkanes) is 5. The summed E-state index contributed by atoms with van der Waals surface area (Å²) in [4.78, 5) is 24.5. The topological polar surface area (TPSA) is 52.6 Å². The van der Waals surface area contributed by atoms with Gasteiger partial charge in [0.25, 0.3) is 0 Å². The summed E-state index contributed by atoms with van der Waals surface area (Å²) in [6.07, 6.45) is 13.3. The number of carbonyl (C=O) groups is 2. The standard InChI is InChI=1S/C22H38O4/c1-4-16-25-21(23)19-14-10-11-15-20(19)22(24)26-17-12-8-6-5-7-9-13-18(2)3/h4,18-20H,1,5-17H2,2-3H3. The summed E-state index contributed by atoms with van der Waals surface area (Å²) in [5.74, 6) is -0.392. The molecule has 4 heteroatoms. The van der Waals surface area contributed by atoms with Crippen molar-refractivity contribution in [3.8, 4) is 0 Å². The second-order valence-corrected chi connectivity index (χ2v) is 7.89. The van der Waals surface area contributed by atoms with Crippen molar-refractivity contribution >= 4 is 11.9 Å². The van der Waals surface area contributed by atoms with Crippen LogP contribution < -0.4 is 0 Å². The molecule has 0 aromatic carbocycles. The van der Waals surface area contributed by atoms with Gasteiger partial charge in [-0.15, -0.1) is 0 Å². The van der Waals surface area contributed by atoms with Crippen molar-refractivity contribution in [1.82, 2.24) is 0 Å². The minimum absolute atomic E-state index is 0.203. The van der Waals surface area contributed by atoms with Gasteiger partial charge in [-0.3, -0.25) is 9.59 Å². The van der Waals surface area contributed by atoms with E-state index in [0.717, 1.165) is 38.0 Å². The van der Waals surface area contributed by atoms with Gasteiger partial charge in [0.2, 0.25) is 0 Å². The molecular formula is C22H38O4. The lowest BCUT2D eigenvalue weighted by molar-refractivity contribution is -0.162. The Morgan fingerprint density at radius 3 is 2.04 bits per heavy atom. The van der Waals surface area contributed by atoms with Crippen LogP contribution in [0.4, 0.5) is 0 Å². The molecule has 2 atom stereocenters. The highest BCUT2D eigenvalue weighted by atomic mass is 16.5. The van der Waals surface area contributed by atoms with E-state index in [1.165, 1.54) is 32.1 Å². The third-order valence-corrected chi connectivity index (χ3v) is 5.14. The van der Waals surface area contributed by atoms with Gasteiger partial charge >= 0.3 is 11.9 Å². The number of rotatable bonds is 13. The first kappa shape index (κ1) is 22.7. The summed E-state index contributed by atoms with van der Waals surface area (Å²) in [7, 11) is 0. The quantitative estimate of drug-likeness (QED) is 0.247. The number of carbonyl (C=O) groups excluding carboxylic acids is 2. The van der Waals surface area contributed by atoms with Crippen LogP contribution >= 0.6 is 0 Å².